The molecule has 1 saturated carbocycles. The molecule has 84 valence electrons. The SMILES string of the molecule is C=C1CC[C@@H](C)C(C)(C)[C@H]1C=CC(C)=O. The highest BCUT2D eigenvalue weighted by atomic mass is 16.1. The van der Waals surface area contributed by atoms with Gasteiger partial charge in [-0.25, -0.2) is 0 Å². The molecule has 0 saturated heterocycles. The van der Waals surface area contributed by atoms with Crippen molar-refractivity contribution in [3.8, 4) is 0 Å². The van der Waals surface area contributed by atoms with Gasteiger partial charge >= 0.3 is 0 Å². The minimum Gasteiger partial charge on any atom is -0.295 e. The molecule has 1 aliphatic rings. The van der Waals surface area contributed by atoms with Crippen molar-refractivity contribution >= 4 is 5.78 Å². The Morgan fingerprint density at radius 3 is 2.67 bits per heavy atom. The van der Waals surface area contributed by atoms with Crippen molar-refractivity contribution in [1.82, 2.24) is 0 Å². The van der Waals surface area contributed by atoms with Gasteiger partial charge in [-0.2, -0.15) is 0 Å². The first kappa shape index (κ1) is 12.2. The zero-order valence-electron chi connectivity index (χ0n) is 10.3. The van der Waals surface area contributed by atoms with Crippen LogP contribution in [0.2, 0.25) is 0 Å². The number of ketones is 1. The number of hydrogen-bond donors (Lipinski definition) is 0. The summed E-state index contributed by atoms with van der Waals surface area (Å²) in [5.74, 6) is 1.16. The van der Waals surface area contributed by atoms with Gasteiger partial charge in [-0.3, -0.25) is 4.79 Å². The third-order valence-electron chi connectivity index (χ3n) is 3.93. The van der Waals surface area contributed by atoms with Crippen LogP contribution in [0.5, 0.6) is 0 Å². The largest absolute Gasteiger partial charge is 0.295 e. The lowest BCUT2D eigenvalue weighted by Crippen LogP contribution is -2.35. The Kier molecular flexibility index (Phi) is 3.54. The minimum absolute atomic E-state index is 0.122. The van der Waals surface area contributed by atoms with E-state index in [0.29, 0.717) is 11.8 Å². The second-order valence-electron chi connectivity index (χ2n) is 5.37. The molecule has 1 aliphatic carbocycles. The van der Waals surface area contributed by atoms with Crippen molar-refractivity contribution in [2.75, 3.05) is 0 Å². The predicted octanol–water partition coefficient (Wildman–Crippen LogP) is 3.76. The molecule has 1 nitrogen and oxygen atoms in total. The quantitative estimate of drug-likeness (QED) is 0.496. The first-order valence-electron chi connectivity index (χ1n) is 5.72. The highest BCUT2D eigenvalue weighted by Crippen LogP contribution is 2.47. The van der Waals surface area contributed by atoms with Crippen LogP contribution in [0, 0.1) is 17.3 Å². The summed E-state index contributed by atoms with van der Waals surface area (Å²) >= 11 is 0. The van der Waals surface area contributed by atoms with Gasteiger partial charge in [0.25, 0.3) is 0 Å². The molecule has 2 atom stereocenters. The van der Waals surface area contributed by atoms with Crippen LogP contribution in [0.25, 0.3) is 0 Å². The fourth-order valence-corrected chi connectivity index (χ4v) is 2.38. The van der Waals surface area contributed by atoms with Gasteiger partial charge in [0.1, 0.15) is 0 Å². The average Bonchev–Trinajstić information content (AvgIpc) is 2.11. The van der Waals surface area contributed by atoms with E-state index in [0.717, 1.165) is 6.42 Å². The summed E-state index contributed by atoms with van der Waals surface area (Å²) in [6.45, 7) is 12.6. The summed E-state index contributed by atoms with van der Waals surface area (Å²) in [5, 5.41) is 0. The molecule has 0 amide bonds. The second-order valence-corrected chi connectivity index (χ2v) is 5.37. The van der Waals surface area contributed by atoms with Gasteiger partial charge in [0.05, 0.1) is 0 Å². The summed E-state index contributed by atoms with van der Waals surface area (Å²) in [6, 6.07) is 0. The number of allylic oxidation sites excluding steroid dienone is 3. The van der Waals surface area contributed by atoms with Crippen LogP contribution in [-0.2, 0) is 4.79 Å². The number of carbonyl (C=O) groups excluding carboxylic acids is 1. The first-order valence-corrected chi connectivity index (χ1v) is 5.72. The Hall–Kier alpha value is -0.850. The second kappa shape index (κ2) is 4.34. The zero-order valence-corrected chi connectivity index (χ0v) is 10.3. The summed E-state index contributed by atoms with van der Waals surface area (Å²) in [4.78, 5) is 11.0. The Morgan fingerprint density at radius 1 is 1.53 bits per heavy atom. The molecule has 0 unspecified atom stereocenters. The molecule has 0 N–H and O–H groups in total. The predicted molar refractivity (Wildman–Crippen MR) is 64.6 cm³/mol. The summed E-state index contributed by atoms with van der Waals surface area (Å²) in [6.07, 6.45) is 6.05. The van der Waals surface area contributed by atoms with E-state index in [1.54, 1.807) is 13.0 Å². The van der Waals surface area contributed by atoms with Crippen LogP contribution in [0.3, 0.4) is 0 Å². The molecule has 0 aromatic carbocycles. The summed E-state index contributed by atoms with van der Waals surface area (Å²) in [5.41, 5.74) is 1.50. The van der Waals surface area contributed by atoms with Gasteiger partial charge in [0.15, 0.2) is 5.78 Å². The first-order chi connectivity index (χ1) is 6.85. The van der Waals surface area contributed by atoms with Crippen LogP contribution < -0.4 is 0 Å². The molecule has 1 heteroatoms. The van der Waals surface area contributed by atoms with Gasteiger partial charge in [-0.1, -0.05) is 39.0 Å². The Morgan fingerprint density at radius 2 is 2.13 bits per heavy atom. The van der Waals surface area contributed by atoms with Crippen molar-refractivity contribution in [2.45, 2.75) is 40.5 Å². The topological polar surface area (TPSA) is 17.1 Å². The molecule has 0 bridgehead atoms. The maximum Gasteiger partial charge on any atom is 0.152 e. The van der Waals surface area contributed by atoms with Crippen LogP contribution in [0.4, 0.5) is 0 Å². The normalized spacial score (nSPS) is 30.8. The molecule has 15 heavy (non-hydrogen) atoms. The van der Waals surface area contributed by atoms with Crippen molar-refractivity contribution in [1.29, 1.82) is 0 Å². The van der Waals surface area contributed by atoms with E-state index < -0.39 is 0 Å². The third-order valence-corrected chi connectivity index (χ3v) is 3.93. The van der Waals surface area contributed by atoms with E-state index in [4.69, 9.17) is 0 Å². The van der Waals surface area contributed by atoms with Crippen LogP contribution in [-0.4, -0.2) is 5.78 Å². The smallest absolute Gasteiger partial charge is 0.152 e. The van der Waals surface area contributed by atoms with E-state index in [9.17, 15) is 4.79 Å². The van der Waals surface area contributed by atoms with E-state index >= 15 is 0 Å². The van der Waals surface area contributed by atoms with Crippen molar-refractivity contribution in [3.63, 3.8) is 0 Å². The highest BCUT2D eigenvalue weighted by molar-refractivity contribution is 5.87. The van der Waals surface area contributed by atoms with Crippen LogP contribution >= 0.6 is 0 Å². The molecular formula is C14H22O. The molecular weight excluding hydrogens is 184 g/mol. The van der Waals surface area contributed by atoms with E-state index in [2.05, 4.69) is 27.4 Å². The van der Waals surface area contributed by atoms with Crippen LogP contribution in [0.15, 0.2) is 24.3 Å². The Labute approximate surface area is 93.3 Å². The summed E-state index contributed by atoms with van der Waals surface area (Å²) in [7, 11) is 0. The minimum atomic E-state index is 0.122. The van der Waals surface area contributed by atoms with Gasteiger partial charge in [-0.15, -0.1) is 0 Å². The number of rotatable bonds is 2. The van der Waals surface area contributed by atoms with Gasteiger partial charge in [0, 0.05) is 5.92 Å². The Balaban J connectivity index is 2.90. The van der Waals surface area contributed by atoms with Gasteiger partial charge < -0.3 is 0 Å². The fourth-order valence-electron chi connectivity index (χ4n) is 2.38. The molecule has 0 radical (unpaired) electrons. The maximum atomic E-state index is 11.0. The van der Waals surface area contributed by atoms with Crippen molar-refractivity contribution in [2.24, 2.45) is 17.3 Å². The molecule has 0 aliphatic heterocycles. The molecule has 0 aromatic heterocycles. The number of carbonyl (C=O) groups is 1. The molecule has 0 heterocycles. The van der Waals surface area contributed by atoms with Crippen LogP contribution in [0.1, 0.15) is 40.5 Å². The highest BCUT2D eigenvalue weighted by Gasteiger charge is 2.38. The lowest BCUT2D eigenvalue weighted by Gasteiger charge is -2.44. The summed E-state index contributed by atoms with van der Waals surface area (Å²) < 4.78 is 0. The standard InChI is InChI=1S/C14H22O/c1-10-6-7-11(2)14(4,5)13(10)9-8-12(3)15/h8-9,11,13H,1,6-7H2,2-5H3/t11-,13+/m1/s1. The van der Waals surface area contributed by atoms with Crippen molar-refractivity contribution in [3.05, 3.63) is 24.3 Å². The zero-order chi connectivity index (χ0) is 11.6. The maximum absolute atomic E-state index is 11.0. The van der Waals surface area contributed by atoms with Crippen molar-refractivity contribution < 1.29 is 4.79 Å². The molecule has 0 spiro atoms. The molecule has 1 fully saturated rings. The third kappa shape index (κ3) is 2.58. The van der Waals surface area contributed by atoms with Gasteiger partial charge in [-0.05, 0) is 37.2 Å². The van der Waals surface area contributed by atoms with E-state index in [1.165, 1.54) is 12.0 Å². The molecule has 0 aromatic rings. The van der Waals surface area contributed by atoms with E-state index in [1.807, 2.05) is 6.08 Å². The molecule has 1 rings (SSSR count). The van der Waals surface area contributed by atoms with Gasteiger partial charge in [0.2, 0.25) is 0 Å². The monoisotopic (exact) mass is 206 g/mol. The Bertz CT molecular complexity index is 296. The lowest BCUT2D eigenvalue weighted by atomic mass is 9.61. The average molecular weight is 206 g/mol. The lowest BCUT2D eigenvalue weighted by molar-refractivity contribution is -0.112. The van der Waals surface area contributed by atoms with E-state index in [-0.39, 0.29) is 11.2 Å². The number of hydrogen-bond acceptors (Lipinski definition) is 1. The fraction of sp³-hybridized carbons (Fsp3) is 0.643.